The lowest BCUT2D eigenvalue weighted by Gasteiger charge is -2.28. The van der Waals surface area contributed by atoms with E-state index in [0.29, 0.717) is 22.1 Å². The molecule has 47 heavy (non-hydrogen) atoms. The van der Waals surface area contributed by atoms with Crippen molar-refractivity contribution in [3.63, 3.8) is 0 Å². The van der Waals surface area contributed by atoms with E-state index >= 15 is 0 Å². The van der Waals surface area contributed by atoms with Crippen molar-refractivity contribution < 1.29 is 41.8 Å². The molecule has 2 aromatic heterocycles. The molecule has 0 fully saturated rings. The number of hydrogen-bond donors (Lipinski definition) is 1. The largest absolute Gasteiger partial charge is 0.496 e. The molecule has 9 nitrogen and oxygen atoms in total. The summed E-state index contributed by atoms with van der Waals surface area (Å²) in [6.45, 7) is 1.23. The van der Waals surface area contributed by atoms with Gasteiger partial charge in [0.1, 0.15) is 23.3 Å². The average molecular weight is 683 g/mol. The predicted molar refractivity (Wildman–Crippen MR) is 167 cm³/mol. The number of aromatic nitrogens is 1. The first kappa shape index (κ1) is 31.8. The number of nitrogens with zero attached hydrogens (tertiary/aromatic N) is 2. The highest BCUT2D eigenvalue weighted by Gasteiger charge is 2.46. The molecule has 5 aromatic rings. The number of halogens is 4. The molecular weight excluding hydrogens is 661 g/mol. The van der Waals surface area contributed by atoms with Crippen LogP contribution in [0.2, 0.25) is 5.02 Å². The number of alkyl halides is 3. The van der Waals surface area contributed by atoms with Crippen LogP contribution in [0.25, 0.3) is 28.2 Å². The normalized spacial score (nSPS) is 15.0. The molecular formula is C33H22ClF3N2O7S. The third-order valence-electron chi connectivity index (χ3n) is 7.40. The summed E-state index contributed by atoms with van der Waals surface area (Å²) in [5.74, 6) is -1.99. The number of carboxylic acid groups (broad SMARTS) is 1. The lowest BCUT2D eigenvalue weighted by molar-refractivity contribution is -0.140. The van der Waals surface area contributed by atoms with Gasteiger partial charge in [0.25, 0.3) is 5.56 Å². The van der Waals surface area contributed by atoms with Gasteiger partial charge < -0.3 is 19.0 Å². The minimum Gasteiger partial charge on any atom is -0.496 e. The van der Waals surface area contributed by atoms with E-state index in [1.807, 2.05) is 0 Å². The van der Waals surface area contributed by atoms with Crippen molar-refractivity contribution in [3.05, 3.63) is 120 Å². The number of benzene rings is 3. The highest BCUT2D eigenvalue weighted by atomic mass is 35.5. The van der Waals surface area contributed by atoms with Crippen LogP contribution in [0.1, 0.15) is 34.6 Å². The van der Waals surface area contributed by atoms with E-state index in [0.717, 1.165) is 4.57 Å². The van der Waals surface area contributed by atoms with Crippen LogP contribution in [0.5, 0.6) is 5.75 Å². The summed E-state index contributed by atoms with van der Waals surface area (Å²) in [5.41, 5.74) is -2.70. The number of esters is 1. The second-order valence-electron chi connectivity index (χ2n) is 10.2. The van der Waals surface area contributed by atoms with Crippen molar-refractivity contribution >= 4 is 51.7 Å². The topological polar surface area (TPSA) is 120 Å². The zero-order valence-electron chi connectivity index (χ0n) is 24.4. The van der Waals surface area contributed by atoms with Gasteiger partial charge in [0.2, 0.25) is 0 Å². The molecule has 3 heterocycles. The van der Waals surface area contributed by atoms with Gasteiger partial charge in [0.05, 0.1) is 34.4 Å². The van der Waals surface area contributed by atoms with Crippen LogP contribution in [-0.4, -0.2) is 41.5 Å². The van der Waals surface area contributed by atoms with E-state index in [1.165, 1.54) is 50.4 Å². The fourth-order valence-corrected chi connectivity index (χ4v) is 6.59. The van der Waals surface area contributed by atoms with Crippen molar-refractivity contribution in [3.8, 4) is 17.1 Å². The number of ether oxygens (including phenoxy) is 2. The molecule has 0 unspecified atom stereocenters. The maximum Gasteiger partial charge on any atom is 0.434 e. The molecule has 0 aliphatic carbocycles. The molecule has 0 spiro atoms. The fraction of sp³-hybridized carbons (Fsp3) is 0.152. The van der Waals surface area contributed by atoms with Crippen LogP contribution in [-0.2, 0) is 9.53 Å². The smallest absolute Gasteiger partial charge is 0.434 e. The lowest BCUT2D eigenvalue weighted by Crippen LogP contribution is -2.41. The second kappa shape index (κ2) is 12.2. The summed E-state index contributed by atoms with van der Waals surface area (Å²) in [6.07, 6.45) is -3.77. The molecule has 1 N–H and O–H groups in total. The first-order valence-electron chi connectivity index (χ1n) is 13.9. The molecule has 3 aromatic carbocycles. The minimum absolute atomic E-state index is 0.0302. The Bertz CT molecular complexity index is 2300. The van der Waals surface area contributed by atoms with Crippen molar-refractivity contribution in [1.29, 1.82) is 0 Å². The number of carbonyl (C=O) groups excluding carboxylic acids is 1. The second-order valence-corrected chi connectivity index (χ2v) is 11.6. The zero-order valence-corrected chi connectivity index (χ0v) is 26.0. The first-order valence-corrected chi connectivity index (χ1v) is 15.1. The SMILES string of the molecule is CCOC(=O)C1=C(C(F)(F)F)N=c2s/c(=C\c3ccc(-c4cc(C(=O)O)ccc4Cl)o3)c(=O)n2[C@@H]1c1c(OC)ccc2ccccc12. The first-order chi connectivity index (χ1) is 22.4. The van der Waals surface area contributed by atoms with Crippen LogP contribution in [0, 0.1) is 0 Å². The van der Waals surface area contributed by atoms with E-state index in [4.69, 9.17) is 25.5 Å². The number of allylic oxidation sites excluding steroid dienone is 1. The van der Waals surface area contributed by atoms with Gasteiger partial charge in [0.15, 0.2) is 10.5 Å². The number of furan rings is 1. The quantitative estimate of drug-likeness (QED) is 0.206. The number of methoxy groups -OCH3 is 1. The van der Waals surface area contributed by atoms with Crippen LogP contribution in [0.3, 0.4) is 0 Å². The Morgan fingerprint density at radius 3 is 2.60 bits per heavy atom. The van der Waals surface area contributed by atoms with E-state index < -0.39 is 41.0 Å². The predicted octanol–water partition coefficient (Wildman–Crippen LogP) is 6.11. The Labute approximate surface area is 272 Å². The molecule has 1 aliphatic heterocycles. The molecule has 0 amide bonds. The van der Waals surface area contributed by atoms with Crippen molar-refractivity contribution in [2.45, 2.75) is 19.1 Å². The standard InChI is InChI=1S/C33H22ClF3N2O7S/c1-3-45-31(43)26-27(25-19-7-5-4-6-16(19)9-12-23(25)44-2)39-29(40)24(47-32(39)38-28(26)33(35,36)37)15-18-10-13-22(46-18)20-14-17(30(41)42)8-11-21(20)34/h4-15,27H,3H2,1-2H3,(H,41,42)/b24-15-/t27-/m1/s1. The third-order valence-corrected chi connectivity index (χ3v) is 8.71. The Kier molecular flexibility index (Phi) is 8.28. The van der Waals surface area contributed by atoms with Gasteiger partial charge >= 0.3 is 18.1 Å². The number of carbonyl (C=O) groups is 2. The van der Waals surface area contributed by atoms with Crippen molar-refractivity contribution in [2.75, 3.05) is 13.7 Å². The molecule has 0 saturated heterocycles. The Morgan fingerprint density at radius 2 is 1.89 bits per heavy atom. The molecule has 0 saturated carbocycles. The highest BCUT2D eigenvalue weighted by Crippen LogP contribution is 2.43. The summed E-state index contributed by atoms with van der Waals surface area (Å²) in [4.78, 5) is 42.4. The molecule has 1 atom stereocenters. The van der Waals surface area contributed by atoms with Crippen molar-refractivity contribution in [1.82, 2.24) is 4.57 Å². The molecule has 6 rings (SSSR count). The molecule has 0 bridgehead atoms. The van der Waals surface area contributed by atoms with Gasteiger partial charge in [-0.05, 0) is 54.1 Å². The summed E-state index contributed by atoms with van der Waals surface area (Å²) < 4.78 is 61.5. The summed E-state index contributed by atoms with van der Waals surface area (Å²) in [6, 6.07) is 15.5. The molecule has 1 aliphatic rings. The molecule has 0 radical (unpaired) electrons. The monoisotopic (exact) mass is 682 g/mol. The van der Waals surface area contributed by atoms with Crippen LogP contribution in [0.15, 0.2) is 92.2 Å². The highest BCUT2D eigenvalue weighted by molar-refractivity contribution is 7.07. The number of aromatic carboxylic acids is 1. The summed E-state index contributed by atoms with van der Waals surface area (Å²) in [7, 11) is 1.34. The zero-order chi connectivity index (χ0) is 33.6. The lowest BCUT2D eigenvalue weighted by atomic mass is 9.90. The number of rotatable bonds is 7. The minimum atomic E-state index is -5.09. The average Bonchev–Trinajstić information content (AvgIpc) is 3.63. The number of fused-ring (bicyclic) bond motifs is 2. The van der Waals surface area contributed by atoms with E-state index in [1.54, 1.807) is 36.4 Å². The van der Waals surface area contributed by atoms with Crippen LogP contribution in [0.4, 0.5) is 13.2 Å². The van der Waals surface area contributed by atoms with E-state index in [-0.39, 0.29) is 54.9 Å². The third kappa shape index (κ3) is 5.72. The van der Waals surface area contributed by atoms with Gasteiger partial charge in [-0.2, -0.15) is 13.2 Å². The Morgan fingerprint density at radius 1 is 1.13 bits per heavy atom. The Hall–Kier alpha value is -5.14. The maximum atomic E-state index is 14.7. The fourth-order valence-electron chi connectivity index (χ4n) is 5.40. The Balaban J connectivity index is 1.61. The maximum absolute atomic E-state index is 14.7. The van der Waals surface area contributed by atoms with Crippen molar-refractivity contribution in [2.24, 2.45) is 4.99 Å². The van der Waals surface area contributed by atoms with Gasteiger partial charge in [-0.15, -0.1) is 0 Å². The summed E-state index contributed by atoms with van der Waals surface area (Å²) in [5, 5.41) is 10.7. The van der Waals surface area contributed by atoms with Crippen LogP contribution < -0.4 is 19.6 Å². The van der Waals surface area contributed by atoms with Crippen LogP contribution >= 0.6 is 22.9 Å². The van der Waals surface area contributed by atoms with Gasteiger partial charge in [0, 0.05) is 17.2 Å². The molecule has 240 valence electrons. The van der Waals surface area contributed by atoms with Gasteiger partial charge in [-0.3, -0.25) is 9.36 Å². The molecule has 14 heteroatoms. The van der Waals surface area contributed by atoms with Gasteiger partial charge in [-0.1, -0.05) is 53.3 Å². The number of hydrogen-bond acceptors (Lipinski definition) is 8. The van der Waals surface area contributed by atoms with E-state index in [9.17, 15) is 32.7 Å². The number of thiazole rings is 1. The van der Waals surface area contributed by atoms with Gasteiger partial charge in [-0.25, -0.2) is 14.6 Å². The summed E-state index contributed by atoms with van der Waals surface area (Å²) >= 11 is 6.95. The van der Waals surface area contributed by atoms with E-state index in [2.05, 4.69) is 4.99 Å². The number of carboxylic acids is 1.